The normalized spacial score (nSPS) is 11.2. The topological polar surface area (TPSA) is 89.7 Å². The highest BCUT2D eigenvalue weighted by molar-refractivity contribution is 7.89. The lowest BCUT2D eigenvalue weighted by Crippen LogP contribution is -2.29. The van der Waals surface area contributed by atoms with Gasteiger partial charge in [0.1, 0.15) is 11.6 Å². The van der Waals surface area contributed by atoms with Crippen molar-refractivity contribution in [3.63, 3.8) is 0 Å². The highest BCUT2D eigenvalue weighted by Crippen LogP contribution is 2.18. The summed E-state index contributed by atoms with van der Waals surface area (Å²) in [5, 5.41) is 5.57. The van der Waals surface area contributed by atoms with Gasteiger partial charge in [0.2, 0.25) is 10.0 Å². The van der Waals surface area contributed by atoms with Crippen LogP contribution in [0.25, 0.3) is 0 Å². The number of carbonyl (C=O) groups excluding carboxylic acids is 1. The Bertz CT molecular complexity index is 905. The maximum atomic E-state index is 13.9. The molecule has 0 unspecified atom stereocenters. The molecule has 0 aliphatic carbocycles. The molecule has 9 heteroatoms. The van der Waals surface area contributed by atoms with Gasteiger partial charge in [0.25, 0.3) is 5.91 Å². The van der Waals surface area contributed by atoms with E-state index in [9.17, 15) is 17.6 Å². The van der Waals surface area contributed by atoms with Crippen molar-refractivity contribution in [3.8, 4) is 5.75 Å². The number of halogens is 2. The number of primary sulfonamides is 1. The maximum absolute atomic E-state index is 13.9. The third kappa shape index (κ3) is 5.42. The predicted octanol–water partition coefficient (Wildman–Crippen LogP) is 2.67. The summed E-state index contributed by atoms with van der Waals surface area (Å²) in [6.45, 7) is 0.621. The van der Waals surface area contributed by atoms with Gasteiger partial charge in [-0.25, -0.2) is 17.9 Å². The molecule has 0 fully saturated rings. The molecule has 2 aromatic carbocycles. The first-order valence-corrected chi connectivity index (χ1v) is 9.57. The highest BCUT2D eigenvalue weighted by atomic mass is 35.5. The zero-order valence-electron chi connectivity index (χ0n) is 14.0. The minimum atomic E-state index is -4.02. The van der Waals surface area contributed by atoms with E-state index >= 15 is 0 Å². The van der Waals surface area contributed by atoms with Gasteiger partial charge >= 0.3 is 0 Å². The Morgan fingerprint density at radius 3 is 2.65 bits per heavy atom. The monoisotopic (exact) mass is 400 g/mol. The van der Waals surface area contributed by atoms with E-state index < -0.39 is 21.7 Å². The number of carbonyl (C=O) groups is 1. The van der Waals surface area contributed by atoms with Crippen molar-refractivity contribution < 1.29 is 22.3 Å². The van der Waals surface area contributed by atoms with E-state index in [-0.39, 0.29) is 10.5 Å². The van der Waals surface area contributed by atoms with Gasteiger partial charge in [-0.15, -0.1) is 0 Å². The Morgan fingerprint density at radius 2 is 2.00 bits per heavy atom. The van der Waals surface area contributed by atoms with Gasteiger partial charge in [-0.3, -0.25) is 4.79 Å². The summed E-state index contributed by atoms with van der Waals surface area (Å²) in [5.74, 6) is -0.849. The highest BCUT2D eigenvalue weighted by Gasteiger charge is 2.19. The van der Waals surface area contributed by atoms with Gasteiger partial charge in [-0.1, -0.05) is 17.7 Å². The maximum Gasteiger partial charge on any atom is 0.256 e. The number of sulfonamides is 1. The molecule has 2 rings (SSSR count). The van der Waals surface area contributed by atoms with Crippen LogP contribution in [-0.4, -0.2) is 39.4 Å². The van der Waals surface area contributed by atoms with Crippen LogP contribution in [0.4, 0.5) is 4.39 Å². The van der Waals surface area contributed by atoms with Crippen LogP contribution in [0.2, 0.25) is 5.02 Å². The molecule has 0 heterocycles. The van der Waals surface area contributed by atoms with E-state index in [0.717, 1.165) is 18.2 Å². The molecule has 6 nitrogen and oxygen atoms in total. The molecule has 0 bridgehead atoms. The van der Waals surface area contributed by atoms with E-state index in [4.69, 9.17) is 21.5 Å². The molecule has 0 aromatic heterocycles. The summed E-state index contributed by atoms with van der Waals surface area (Å²) in [6, 6.07) is 9.77. The van der Waals surface area contributed by atoms with Crippen LogP contribution >= 0.6 is 11.6 Å². The number of hydrogen-bond donors (Lipinski definition) is 1. The van der Waals surface area contributed by atoms with Gasteiger partial charge in [-0.2, -0.15) is 0 Å². The van der Waals surface area contributed by atoms with E-state index in [1.807, 2.05) is 0 Å². The molecule has 0 atom stereocenters. The first-order chi connectivity index (χ1) is 12.2. The van der Waals surface area contributed by atoms with E-state index in [0.29, 0.717) is 30.3 Å². The van der Waals surface area contributed by atoms with Gasteiger partial charge in [0.05, 0.1) is 17.1 Å². The van der Waals surface area contributed by atoms with Gasteiger partial charge in [0.15, 0.2) is 0 Å². The molecular formula is C17H18ClFN2O4S. The number of nitrogens with zero attached hydrogens (tertiary/aromatic N) is 1. The SMILES string of the molecule is CN(CCCOc1cccc(Cl)c1)C(=O)c1cc(S(N)(=O)=O)ccc1F. The Kier molecular flexibility index (Phi) is 6.57. The van der Waals surface area contributed by atoms with Crippen molar-refractivity contribution in [2.24, 2.45) is 5.14 Å². The van der Waals surface area contributed by atoms with Crippen molar-refractivity contribution >= 4 is 27.5 Å². The second-order valence-electron chi connectivity index (χ2n) is 5.57. The largest absolute Gasteiger partial charge is 0.493 e. The third-order valence-corrected chi connectivity index (χ3v) is 4.69. The Hall–Kier alpha value is -2.16. The Morgan fingerprint density at radius 1 is 1.27 bits per heavy atom. The molecule has 1 amide bonds. The number of rotatable bonds is 7. The van der Waals surface area contributed by atoms with Gasteiger partial charge in [0, 0.05) is 18.6 Å². The molecule has 0 spiro atoms. The van der Waals surface area contributed by atoms with Crippen LogP contribution in [0.15, 0.2) is 47.4 Å². The average Bonchev–Trinajstić information content (AvgIpc) is 2.57. The Labute approximate surface area is 156 Å². The molecule has 140 valence electrons. The van der Waals surface area contributed by atoms with Gasteiger partial charge < -0.3 is 9.64 Å². The van der Waals surface area contributed by atoms with Crippen LogP contribution in [-0.2, 0) is 10.0 Å². The smallest absolute Gasteiger partial charge is 0.256 e. The minimum Gasteiger partial charge on any atom is -0.493 e. The first-order valence-electron chi connectivity index (χ1n) is 7.64. The van der Waals surface area contributed by atoms with Crippen LogP contribution in [0.1, 0.15) is 16.8 Å². The number of hydrogen-bond acceptors (Lipinski definition) is 4. The third-order valence-electron chi connectivity index (χ3n) is 3.55. The average molecular weight is 401 g/mol. The van der Waals surface area contributed by atoms with Gasteiger partial charge in [-0.05, 0) is 42.8 Å². The molecule has 0 radical (unpaired) electrons. The number of nitrogens with two attached hydrogens (primary N) is 1. The first kappa shape index (κ1) is 20.2. The minimum absolute atomic E-state index is 0.290. The van der Waals surface area contributed by atoms with Crippen molar-refractivity contribution in [3.05, 3.63) is 58.9 Å². The van der Waals surface area contributed by atoms with Crippen LogP contribution in [0.3, 0.4) is 0 Å². The quantitative estimate of drug-likeness (QED) is 0.723. The molecule has 0 saturated heterocycles. The summed E-state index contributed by atoms with van der Waals surface area (Å²) in [7, 11) is -2.53. The lowest BCUT2D eigenvalue weighted by atomic mass is 10.2. The van der Waals surface area contributed by atoms with Crippen molar-refractivity contribution in [2.45, 2.75) is 11.3 Å². The molecule has 26 heavy (non-hydrogen) atoms. The second-order valence-corrected chi connectivity index (χ2v) is 7.57. The molecule has 2 aromatic rings. The fraction of sp³-hybridized carbons (Fsp3) is 0.235. The molecule has 0 aliphatic heterocycles. The zero-order chi connectivity index (χ0) is 19.3. The second kappa shape index (κ2) is 8.48. The fourth-order valence-corrected chi connectivity index (χ4v) is 2.92. The lowest BCUT2D eigenvalue weighted by Gasteiger charge is -2.18. The standard InChI is InChI=1S/C17H18ClFN2O4S/c1-21(8-3-9-25-13-5-2-4-12(18)10-13)17(22)15-11-14(26(20,23)24)6-7-16(15)19/h2,4-7,10-11H,3,8-9H2,1H3,(H2,20,23,24). The summed E-state index contributed by atoms with van der Waals surface area (Å²) in [4.78, 5) is 13.3. The summed E-state index contributed by atoms with van der Waals surface area (Å²) in [5.41, 5.74) is -0.352. The van der Waals surface area contributed by atoms with Crippen molar-refractivity contribution in [1.29, 1.82) is 0 Å². The zero-order valence-corrected chi connectivity index (χ0v) is 15.6. The number of benzene rings is 2. The lowest BCUT2D eigenvalue weighted by molar-refractivity contribution is 0.0783. The summed E-state index contributed by atoms with van der Waals surface area (Å²) in [6.07, 6.45) is 0.491. The Balaban J connectivity index is 1.95. The van der Waals surface area contributed by atoms with Crippen molar-refractivity contribution in [1.82, 2.24) is 4.90 Å². The summed E-state index contributed by atoms with van der Waals surface area (Å²) >= 11 is 5.86. The molecule has 0 aliphatic rings. The molecule has 0 saturated carbocycles. The van der Waals surface area contributed by atoms with Crippen LogP contribution in [0, 0.1) is 5.82 Å². The molecule has 2 N–H and O–H groups in total. The molecular weight excluding hydrogens is 383 g/mol. The van der Waals surface area contributed by atoms with E-state index in [1.54, 1.807) is 24.3 Å². The predicted molar refractivity (Wildman–Crippen MR) is 96.3 cm³/mol. The van der Waals surface area contributed by atoms with Crippen LogP contribution in [0.5, 0.6) is 5.75 Å². The number of amides is 1. The number of ether oxygens (including phenoxy) is 1. The van der Waals surface area contributed by atoms with Crippen molar-refractivity contribution in [2.75, 3.05) is 20.2 Å². The van der Waals surface area contributed by atoms with E-state index in [2.05, 4.69) is 0 Å². The fourth-order valence-electron chi connectivity index (χ4n) is 2.20. The summed E-state index contributed by atoms with van der Waals surface area (Å²) < 4.78 is 42.1. The van der Waals surface area contributed by atoms with E-state index in [1.165, 1.54) is 11.9 Å². The van der Waals surface area contributed by atoms with Crippen LogP contribution < -0.4 is 9.88 Å².